The van der Waals surface area contributed by atoms with Gasteiger partial charge in [0.05, 0.1) is 5.92 Å². The van der Waals surface area contributed by atoms with Crippen molar-refractivity contribution in [2.75, 3.05) is 25.5 Å². The highest BCUT2D eigenvalue weighted by Gasteiger charge is 2.15. The van der Waals surface area contributed by atoms with Crippen molar-refractivity contribution in [3.8, 4) is 0 Å². The molecule has 1 rings (SSSR count). The van der Waals surface area contributed by atoms with Crippen LogP contribution < -0.4 is 10.6 Å². The summed E-state index contributed by atoms with van der Waals surface area (Å²) in [5.74, 6) is -1.33. The van der Waals surface area contributed by atoms with Crippen LogP contribution in [0.1, 0.15) is 5.56 Å². The van der Waals surface area contributed by atoms with Gasteiger partial charge in [0.25, 0.3) is 0 Å². The Morgan fingerprint density at radius 2 is 1.88 bits per heavy atom. The highest BCUT2D eigenvalue weighted by Crippen LogP contribution is 2.15. The first-order valence-electron chi connectivity index (χ1n) is 5.23. The van der Waals surface area contributed by atoms with Gasteiger partial charge in [0.1, 0.15) is 0 Å². The Morgan fingerprint density at radius 1 is 1.35 bits per heavy atom. The summed E-state index contributed by atoms with van der Waals surface area (Å²) in [6, 6.07) is 7.84. The van der Waals surface area contributed by atoms with Crippen molar-refractivity contribution < 1.29 is 9.90 Å². The SMILES string of the molecule is CN(C)c1ccc(C[C@@H](CN)C(=O)O)cc1.Cl. The summed E-state index contributed by atoms with van der Waals surface area (Å²) in [6.45, 7) is 0.171. The Bertz CT molecular complexity index is 352. The van der Waals surface area contributed by atoms with Crippen LogP contribution in [0.4, 0.5) is 5.69 Å². The monoisotopic (exact) mass is 258 g/mol. The maximum Gasteiger partial charge on any atom is 0.308 e. The van der Waals surface area contributed by atoms with Crippen molar-refractivity contribution in [2.45, 2.75) is 6.42 Å². The average molecular weight is 259 g/mol. The average Bonchev–Trinajstić information content (AvgIpc) is 2.26. The van der Waals surface area contributed by atoms with Crippen LogP contribution in [-0.2, 0) is 11.2 Å². The Hall–Kier alpha value is -1.26. The molecule has 0 heterocycles. The van der Waals surface area contributed by atoms with Crippen LogP contribution in [0, 0.1) is 5.92 Å². The second kappa shape index (κ2) is 7.14. The molecule has 0 aromatic heterocycles. The summed E-state index contributed by atoms with van der Waals surface area (Å²) in [5, 5.41) is 8.89. The smallest absolute Gasteiger partial charge is 0.308 e. The zero-order valence-electron chi connectivity index (χ0n) is 10.1. The van der Waals surface area contributed by atoms with Gasteiger partial charge in [-0.2, -0.15) is 0 Å². The predicted octanol–water partition coefficient (Wildman–Crippen LogP) is 1.38. The standard InChI is InChI=1S/C12H18N2O2.ClH/c1-14(2)11-5-3-9(4-6-11)7-10(8-13)12(15)16;/h3-6,10H,7-8,13H2,1-2H3,(H,15,16);1H/t10-;/m0./s1. The summed E-state index contributed by atoms with van der Waals surface area (Å²) < 4.78 is 0. The van der Waals surface area contributed by atoms with E-state index in [1.165, 1.54) is 0 Å². The second-order valence-electron chi connectivity index (χ2n) is 4.04. The molecule has 0 fully saturated rings. The van der Waals surface area contributed by atoms with Crippen LogP contribution in [0.3, 0.4) is 0 Å². The third kappa shape index (κ3) is 4.63. The molecule has 5 heteroatoms. The van der Waals surface area contributed by atoms with E-state index in [1.807, 2.05) is 43.3 Å². The topological polar surface area (TPSA) is 66.6 Å². The molecular formula is C12H19ClN2O2. The van der Waals surface area contributed by atoms with E-state index in [0.29, 0.717) is 6.42 Å². The molecule has 0 aliphatic heterocycles. The lowest BCUT2D eigenvalue weighted by atomic mass is 9.99. The first kappa shape index (κ1) is 15.7. The number of hydrogen-bond acceptors (Lipinski definition) is 3. The molecule has 96 valence electrons. The summed E-state index contributed by atoms with van der Waals surface area (Å²) in [4.78, 5) is 12.8. The van der Waals surface area contributed by atoms with E-state index >= 15 is 0 Å². The van der Waals surface area contributed by atoms with Gasteiger partial charge in [-0.25, -0.2) is 0 Å². The zero-order valence-corrected chi connectivity index (χ0v) is 10.9. The van der Waals surface area contributed by atoms with Gasteiger partial charge in [-0.15, -0.1) is 12.4 Å². The molecule has 3 N–H and O–H groups in total. The molecule has 1 aromatic rings. The molecule has 0 saturated heterocycles. The van der Waals surface area contributed by atoms with E-state index in [4.69, 9.17) is 10.8 Å². The van der Waals surface area contributed by atoms with Crippen LogP contribution in [0.25, 0.3) is 0 Å². The highest BCUT2D eigenvalue weighted by atomic mass is 35.5. The molecule has 0 bridgehead atoms. The Labute approximate surface area is 108 Å². The lowest BCUT2D eigenvalue weighted by Gasteiger charge is -2.14. The van der Waals surface area contributed by atoms with Crippen molar-refractivity contribution in [1.82, 2.24) is 0 Å². The fraction of sp³-hybridized carbons (Fsp3) is 0.417. The maximum atomic E-state index is 10.8. The van der Waals surface area contributed by atoms with Crippen LogP contribution in [0.2, 0.25) is 0 Å². The molecule has 0 saturated carbocycles. The van der Waals surface area contributed by atoms with E-state index in [2.05, 4.69) is 0 Å². The van der Waals surface area contributed by atoms with Crippen molar-refractivity contribution in [3.05, 3.63) is 29.8 Å². The van der Waals surface area contributed by atoms with E-state index < -0.39 is 11.9 Å². The molecule has 1 atom stereocenters. The first-order chi connectivity index (χ1) is 7.54. The summed E-state index contributed by atoms with van der Waals surface area (Å²) >= 11 is 0. The Morgan fingerprint density at radius 3 is 2.24 bits per heavy atom. The van der Waals surface area contributed by atoms with Crippen LogP contribution >= 0.6 is 12.4 Å². The van der Waals surface area contributed by atoms with E-state index in [9.17, 15) is 4.79 Å². The lowest BCUT2D eigenvalue weighted by molar-refractivity contribution is -0.141. The summed E-state index contributed by atoms with van der Waals surface area (Å²) in [5.41, 5.74) is 7.51. The number of nitrogens with zero attached hydrogens (tertiary/aromatic N) is 1. The molecule has 0 radical (unpaired) electrons. The number of anilines is 1. The van der Waals surface area contributed by atoms with Crippen molar-refractivity contribution in [3.63, 3.8) is 0 Å². The Balaban J connectivity index is 0.00000256. The number of rotatable bonds is 5. The number of carbonyl (C=O) groups is 1. The van der Waals surface area contributed by atoms with Gasteiger partial charge in [0.15, 0.2) is 0 Å². The normalized spacial score (nSPS) is 11.5. The fourth-order valence-electron chi connectivity index (χ4n) is 1.49. The number of carboxylic acid groups (broad SMARTS) is 1. The lowest BCUT2D eigenvalue weighted by Crippen LogP contribution is -2.25. The molecule has 1 aromatic carbocycles. The predicted molar refractivity (Wildman–Crippen MR) is 71.9 cm³/mol. The van der Waals surface area contributed by atoms with Crippen molar-refractivity contribution >= 4 is 24.1 Å². The molecule has 0 unspecified atom stereocenters. The van der Waals surface area contributed by atoms with Gasteiger partial charge in [-0.1, -0.05) is 12.1 Å². The van der Waals surface area contributed by atoms with E-state index in [-0.39, 0.29) is 19.0 Å². The first-order valence-corrected chi connectivity index (χ1v) is 5.23. The minimum atomic E-state index is -0.834. The van der Waals surface area contributed by atoms with Crippen LogP contribution in [0.5, 0.6) is 0 Å². The van der Waals surface area contributed by atoms with Crippen molar-refractivity contribution in [1.29, 1.82) is 0 Å². The number of nitrogens with two attached hydrogens (primary N) is 1. The molecular weight excluding hydrogens is 240 g/mol. The third-order valence-corrected chi connectivity index (χ3v) is 2.57. The van der Waals surface area contributed by atoms with E-state index in [1.54, 1.807) is 0 Å². The van der Waals surface area contributed by atoms with Crippen molar-refractivity contribution in [2.24, 2.45) is 11.7 Å². The summed E-state index contributed by atoms with van der Waals surface area (Å²) in [6.07, 6.45) is 0.486. The number of aliphatic carboxylic acids is 1. The molecule has 17 heavy (non-hydrogen) atoms. The number of hydrogen-bond donors (Lipinski definition) is 2. The molecule has 0 aliphatic carbocycles. The minimum absolute atomic E-state index is 0. The number of carboxylic acids is 1. The molecule has 4 nitrogen and oxygen atoms in total. The number of halogens is 1. The maximum absolute atomic E-state index is 10.8. The van der Waals surface area contributed by atoms with Gasteiger partial charge < -0.3 is 15.7 Å². The highest BCUT2D eigenvalue weighted by molar-refractivity contribution is 5.85. The largest absolute Gasteiger partial charge is 0.481 e. The molecule has 0 amide bonds. The Kier molecular flexibility index (Phi) is 6.61. The molecule has 0 aliphatic rings. The van der Waals surface area contributed by atoms with Crippen LogP contribution in [0.15, 0.2) is 24.3 Å². The third-order valence-electron chi connectivity index (χ3n) is 2.57. The molecule has 0 spiro atoms. The van der Waals surface area contributed by atoms with Crippen LogP contribution in [-0.4, -0.2) is 31.7 Å². The minimum Gasteiger partial charge on any atom is -0.481 e. The van der Waals surface area contributed by atoms with E-state index in [0.717, 1.165) is 11.3 Å². The zero-order chi connectivity index (χ0) is 12.1. The van der Waals surface area contributed by atoms with Gasteiger partial charge in [0.2, 0.25) is 0 Å². The summed E-state index contributed by atoms with van der Waals surface area (Å²) in [7, 11) is 3.93. The fourth-order valence-corrected chi connectivity index (χ4v) is 1.49. The number of benzene rings is 1. The van der Waals surface area contributed by atoms with Gasteiger partial charge >= 0.3 is 5.97 Å². The van der Waals surface area contributed by atoms with Gasteiger partial charge in [-0.3, -0.25) is 4.79 Å². The van der Waals surface area contributed by atoms with Gasteiger partial charge in [0, 0.05) is 26.3 Å². The quantitative estimate of drug-likeness (QED) is 0.837. The van der Waals surface area contributed by atoms with Gasteiger partial charge in [-0.05, 0) is 24.1 Å². The second-order valence-corrected chi connectivity index (χ2v) is 4.04.